The van der Waals surface area contributed by atoms with Crippen molar-refractivity contribution in [2.75, 3.05) is 0 Å². The molecule has 2 rings (SSSR count). The predicted molar refractivity (Wildman–Crippen MR) is 71.3 cm³/mol. The number of aromatic nitrogens is 2. The first-order chi connectivity index (χ1) is 9.15. The molecule has 1 heterocycles. The number of H-pyrrole nitrogens is 1. The van der Waals surface area contributed by atoms with Crippen LogP contribution in [0.4, 0.5) is 4.79 Å². The van der Waals surface area contributed by atoms with Crippen molar-refractivity contribution in [3.05, 3.63) is 53.1 Å². The third kappa shape index (κ3) is 3.67. The van der Waals surface area contributed by atoms with Gasteiger partial charge in [0.25, 0.3) is 0 Å². The highest BCUT2D eigenvalue weighted by atomic mass is 16.4. The summed E-state index contributed by atoms with van der Waals surface area (Å²) in [5.74, 6) is 0.820. The molecule has 98 valence electrons. The van der Waals surface area contributed by atoms with Crippen LogP contribution in [-0.2, 0) is 6.42 Å². The van der Waals surface area contributed by atoms with Gasteiger partial charge in [-0.3, -0.25) is 0 Å². The molecule has 1 aromatic carbocycles. The summed E-state index contributed by atoms with van der Waals surface area (Å²) in [4.78, 5) is 17.8. The van der Waals surface area contributed by atoms with E-state index in [0.717, 1.165) is 17.1 Å². The van der Waals surface area contributed by atoms with E-state index in [1.165, 1.54) is 6.21 Å². The van der Waals surface area contributed by atoms with Gasteiger partial charge in [0.15, 0.2) is 0 Å². The average Bonchev–Trinajstić information content (AvgIpc) is 2.70. The molecule has 2 aromatic rings. The summed E-state index contributed by atoms with van der Waals surface area (Å²) in [6, 6.07) is 9.97. The fourth-order valence-corrected chi connectivity index (χ4v) is 1.68. The predicted octanol–water partition coefficient (Wildman–Crippen LogP) is 1.91. The van der Waals surface area contributed by atoms with Crippen molar-refractivity contribution < 1.29 is 9.90 Å². The monoisotopic (exact) mass is 258 g/mol. The van der Waals surface area contributed by atoms with E-state index < -0.39 is 6.09 Å². The van der Waals surface area contributed by atoms with Crippen molar-refractivity contribution in [1.82, 2.24) is 15.4 Å². The minimum Gasteiger partial charge on any atom is -0.464 e. The summed E-state index contributed by atoms with van der Waals surface area (Å²) in [5, 5.41) is 12.0. The number of aryl methyl sites for hydroxylation is 1. The molecule has 0 atom stereocenters. The number of amides is 1. The highest BCUT2D eigenvalue weighted by molar-refractivity contribution is 5.79. The number of carbonyl (C=O) groups is 1. The van der Waals surface area contributed by atoms with Gasteiger partial charge in [-0.15, -0.1) is 0 Å². The fourth-order valence-electron chi connectivity index (χ4n) is 1.68. The summed E-state index contributed by atoms with van der Waals surface area (Å²) in [5.41, 5.74) is 4.54. The Balaban J connectivity index is 2.08. The van der Waals surface area contributed by atoms with Gasteiger partial charge in [-0.05, 0) is 12.5 Å². The highest BCUT2D eigenvalue weighted by Crippen LogP contribution is 2.08. The van der Waals surface area contributed by atoms with E-state index in [4.69, 9.17) is 5.11 Å². The zero-order chi connectivity index (χ0) is 13.7. The first-order valence-corrected chi connectivity index (χ1v) is 5.76. The van der Waals surface area contributed by atoms with Crippen LogP contribution in [0.2, 0.25) is 0 Å². The molecule has 0 aliphatic heterocycles. The molecule has 1 aromatic heterocycles. The number of nitrogens with one attached hydrogen (secondary N) is 2. The lowest BCUT2D eigenvalue weighted by molar-refractivity contribution is 0.195. The van der Waals surface area contributed by atoms with Crippen LogP contribution in [0.5, 0.6) is 0 Å². The molecule has 0 unspecified atom stereocenters. The van der Waals surface area contributed by atoms with Gasteiger partial charge >= 0.3 is 6.09 Å². The quantitative estimate of drug-likeness (QED) is 0.578. The zero-order valence-corrected chi connectivity index (χ0v) is 10.4. The normalized spacial score (nSPS) is 10.8. The van der Waals surface area contributed by atoms with Gasteiger partial charge in [0.05, 0.1) is 6.21 Å². The lowest BCUT2D eigenvalue weighted by Gasteiger charge is -1.96. The molecule has 6 nitrogen and oxygen atoms in total. The second kappa shape index (κ2) is 5.81. The van der Waals surface area contributed by atoms with Crippen LogP contribution >= 0.6 is 0 Å². The van der Waals surface area contributed by atoms with Crippen LogP contribution in [0.3, 0.4) is 0 Å². The molecule has 19 heavy (non-hydrogen) atoms. The highest BCUT2D eigenvalue weighted by Gasteiger charge is 2.05. The van der Waals surface area contributed by atoms with Crippen molar-refractivity contribution in [1.29, 1.82) is 0 Å². The second-order valence-electron chi connectivity index (χ2n) is 4.03. The average molecular weight is 258 g/mol. The maximum Gasteiger partial charge on any atom is 0.425 e. The number of rotatable bonds is 4. The van der Waals surface area contributed by atoms with Gasteiger partial charge in [-0.1, -0.05) is 30.3 Å². The topological polar surface area (TPSA) is 90.4 Å². The standard InChI is InChI=1S/C13H14N4O2/c1-9-11(8-14-17-13(18)19)16-12(15-9)7-10-5-3-2-4-6-10/h2-6,8,17H,7H2,1H3,(H,15,16)(H,18,19)/b14-8-. The first kappa shape index (κ1) is 12.8. The maximum atomic E-state index is 10.3. The van der Waals surface area contributed by atoms with Gasteiger partial charge in [0.2, 0.25) is 0 Å². The second-order valence-corrected chi connectivity index (χ2v) is 4.03. The van der Waals surface area contributed by atoms with Crippen LogP contribution in [0.25, 0.3) is 0 Å². The summed E-state index contributed by atoms with van der Waals surface area (Å²) < 4.78 is 0. The van der Waals surface area contributed by atoms with Crippen molar-refractivity contribution in [2.24, 2.45) is 5.10 Å². The molecule has 0 aliphatic rings. The van der Waals surface area contributed by atoms with Crippen molar-refractivity contribution in [3.63, 3.8) is 0 Å². The van der Waals surface area contributed by atoms with E-state index in [0.29, 0.717) is 12.1 Å². The molecule has 1 amide bonds. The summed E-state index contributed by atoms with van der Waals surface area (Å²) in [6.45, 7) is 1.86. The minimum atomic E-state index is -1.20. The van der Waals surface area contributed by atoms with Crippen LogP contribution in [0.15, 0.2) is 35.4 Å². The van der Waals surface area contributed by atoms with E-state index in [-0.39, 0.29) is 0 Å². The number of hydrogen-bond donors (Lipinski definition) is 3. The Morgan fingerprint density at radius 1 is 1.47 bits per heavy atom. The Bertz CT molecular complexity index is 590. The van der Waals surface area contributed by atoms with E-state index in [1.54, 1.807) is 0 Å². The lowest BCUT2D eigenvalue weighted by Crippen LogP contribution is -2.13. The van der Waals surface area contributed by atoms with E-state index in [2.05, 4.69) is 15.1 Å². The number of hydrazone groups is 1. The maximum absolute atomic E-state index is 10.3. The van der Waals surface area contributed by atoms with Gasteiger partial charge in [-0.25, -0.2) is 15.2 Å². The third-order valence-electron chi connectivity index (χ3n) is 2.53. The van der Waals surface area contributed by atoms with Gasteiger partial charge < -0.3 is 10.1 Å². The van der Waals surface area contributed by atoms with E-state index in [9.17, 15) is 4.79 Å². The smallest absolute Gasteiger partial charge is 0.425 e. The van der Waals surface area contributed by atoms with Gasteiger partial charge in [-0.2, -0.15) is 5.10 Å². The van der Waals surface area contributed by atoms with Gasteiger partial charge in [0.1, 0.15) is 11.5 Å². The Labute approximate surface area is 110 Å². The molecular formula is C13H14N4O2. The van der Waals surface area contributed by atoms with Crippen LogP contribution in [-0.4, -0.2) is 27.4 Å². The lowest BCUT2D eigenvalue weighted by atomic mass is 10.1. The number of benzene rings is 1. The number of carboxylic acid groups (broad SMARTS) is 1. The van der Waals surface area contributed by atoms with Crippen molar-refractivity contribution in [3.8, 4) is 0 Å². The summed E-state index contributed by atoms with van der Waals surface area (Å²) in [7, 11) is 0. The molecule has 0 bridgehead atoms. The van der Waals surface area contributed by atoms with E-state index >= 15 is 0 Å². The number of nitrogens with zero attached hydrogens (tertiary/aromatic N) is 2. The summed E-state index contributed by atoms with van der Waals surface area (Å²) >= 11 is 0. The Hall–Kier alpha value is -2.63. The Morgan fingerprint density at radius 3 is 2.89 bits per heavy atom. The van der Waals surface area contributed by atoms with Crippen molar-refractivity contribution >= 4 is 12.3 Å². The van der Waals surface area contributed by atoms with Crippen LogP contribution < -0.4 is 5.43 Å². The Morgan fingerprint density at radius 2 is 2.21 bits per heavy atom. The zero-order valence-electron chi connectivity index (χ0n) is 10.4. The fraction of sp³-hybridized carbons (Fsp3) is 0.154. The van der Waals surface area contributed by atoms with Crippen molar-refractivity contribution in [2.45, 2.75) is 13.3 Å². The van der Waals surface area contributed by atoms with Crippen LogP contribution in [0.1, 0.15) is 22.8 Å². The Kier molecular flexibility index (Phi) is 3.92. The molecule has 0 saturated carbocycles. The molecular weight excluding hydrogens is 244 g/mol. The molecule has 6 heteroatoms. The molecule has 0 fully saturated rings. The van der Waals surface area contributed by atoms with E-state index in [1.807, 2.05) is 42.7 Å². The molecule has 0 spiro atoms. The molecule has 0 radical (unpaired) electrons. The molecule has 0 aliphatic carbocycles. The summed E-state index contributed by atoms with van der Waals surface area (Å²) in [6.07, 6.45) is 0.880. The first-order valence-electron chi connectivity index (χ1n) is 5.76. The minimum absolute atomic E-state index is 0.625. The largest absolute Gasteiger partial charge is 0.464 e. The number of hydrogen-bond acceptors (Lipinski definition) is 3. The van der Waals surface area contributed by atoms with Crippen LogP contribution in [0, 0.1) is 6.92 Å². The molecule has 0 saturated heterocycles. The third-order valence-corrected chi connectivity index (χ3v) is 2.53. The SMILES string of the molecule is Cc1[nH]c(Cc2ccccc2)nc1/C=N\NC(=O)O. The van der Waals surface area contributed by atoms with Gasteiger partial charge in [0, 0.05) is 12.1 Å². The molecule has 3 N–H and O–H groups in total. The number of imidazole rings is 1. The number of aromatic amines is 1.